The molecule has 0 saturated carbocycles. The van der Waals surface area contributed by atoms with Crippen LogP contribution in [0.4, 0.5) is 10.5 Å². The fourth-order valence-electron chi connectivity index (χ4n) is 2.73. The number of unbranched alkanes of at least 4 members (excludes halogenated alkanes) is 1. The van der Waals surface area contributed by atoms with E-state index in [-0.39, 0.29) is 11.8 Å². The summed E-state index contributed by atoms with van der Waals surface area (Å²) in [4.78, 5) is 14.6. The first-order valence-corrected chi connectivity index (χ1v) is 11.3. The largest absolute Gasteiger partial charge is 0.497 e. The maximum absolute atomic E-state index is 12.9. The van der Waals surface area contributed by atoms with E-state index in [1.54, 1.807) is 61.6 Å². The van der Waals surface area contributed by atoms with Crippen molar-refractivity contribution in [2.24, 2.45) is 0 Å². The minimum atomic E-state index is -3.58. The van der Waals surface area contributed by atoms with Gasteiger partial charge in [0.25, 0.3) is 0 Å². The van der Waals surface area contributed by atoms with E-state index in [1.165, 1.54) is 0 Å². The van der Waals surface area contributed by atoms with Crippen molar-refractivity contribution in [1.29, 1.82) is 0 Å². The highest BCUT2D eigenvalue weighted by atomic mass is 32.2. The minimum Gasteiger partial charge on any atom is -0.497 e. The summed E-state index contributed by atoms with van der Waals surface area (Å²) in [5.74, 6) is 1.38. The van der Waals surface area contributed by atoms with Crippen LogP contribution in [0.5, 0.6) is 17.2 Å². The molecule has 8 nitrogen and oxygen atoms in total. The molecule has 0 unspecified atom stereocenters. The quantitative estimate of drug-likeness (QED) is 0.568. The Morgan fingerprint density at radius 2 is 1.60 bits per heavy atom. The van der Waals surface area contributed by atoms with Gasteiger partial charge in [0, 0.05) is 37.0 Å². The maximum atomic E-state index is 12.9. The second kappa shape index (κ2) is 10.7. The number of hydrogen-bond donors (Lipinski definition) is 1. The molecule has 2 amide bonds. The lowest BCUT2D eigenvalue weighted by atomic mass is 10.2. The summed E-state index contributed by atoms with van der Waals surface area (Å²) in [6.07, 6.45) is 2.79. The Hall–Kier alpha value is -2.94. The maximum Gasteiger partial charge on any atom is 0.322 e. The Labute approximate surface area is 177 Å². The van der Waals surface area contributed by atoms with Crippen LogP contribution < -0.4 is 19.0 Å². The Bertz CT molecular complexity index is 922. The first-order chi connectivity index (χ1) is 14.2. The molecule has 2 aromatic rings. The molecule has 0 aliphatic carbocycles. The summed E-state index contributed by atoms with van der Waals surface area (Å²) in [7, 11) is -0.486. The SMILES string of the molecule is CCCCN(Cc1ccc(OS(C)(=O)=O)cc1)C(=O)Nc1cc(OC)cc(OC)c1. The van der Waals surface area contributed by atoms with Gasteiger partial charge in [0.1, 0.15) is 17.2 Å². The van der Waals surface area contributed by atoms with Crippen molar-refractivity contribution in [2.45, 2.75) is 26.3 Å². The highest BCUT2D eigenvalue weighted by Gasteiger charge is 2.15. The van der Waals surface area contributed by atoms with Gasteiger partial charge in [-0.05, 0) is 24.1 Å². The number of hydrogen-bond acceptors (Lipinski definition) is 6. The highest BCUT2D eigenvalue weighted by molar-refractivity contribution is 7.86. The molecule has 2 rings (SSSR count). The Morgan fingerprint density at radius 3 is 2.10 bits per heavy atom. The highest BCUT2D eigenvalue weighted by Crippen LogP contribution is 2.26. The molecular weight excluding hydrogens is 408 g/mol. The van der Waals surface area contributed by atoms with Crippen molar-refractivity contribution in [2.75, 3.05) is 32.3 Å². The lowest BCUT2D eigenvalue weighted by Crippen LogP contribution is -2.35. The number of carbonyl (C=O) groups excluding carboxylic acids is 1. The van der Waals surface area contributed by atoms with Gasteiger partial charge in [-0.25, -0.2) is 4.79 Å². The number of carbonyl (C=O) groups is 1. The summed E-state index contributed by atoms with van der Waals surface area (Å²) < 4.78 is 37.8. The summed E-state index contributed by atoms with van der Waals surface area (Å²) in [5, 5.41) is 2.89. The summed E-state index contributed by atoms with van der Waals surface area (Å²) in [6.45, 7) is 3.00. The average Bonchev–Trinajstić information content (AvgIpc) is 2.70. The fourth-order valence-corrected chi connectivity index (χ4v) is 3.19. The second-order valence-corrected chi connectivity index (χ2v) is 8.31. The number of methoxy groups -OCH3 is 2. The van der Waals surface area contributed by atoms with Crippen LogP contribution in [0.15, 0.2) is 42.5 Å². The second-order valence-electron chi connectivity index (χ2n) is 6.74. The smallest absolute Gasteiger partial charge is 0.322 e. The van der Waals surface area contributed by atoms with E-state index in [1.807, 2.05) is 0 Å². The van der Waals surface area contributed by atoms with Gasteiger partial charge in [-0.3, -0.25) is 0 Å². The van der Waals surface area contributed by atoms with Crippen LogP contribution in [-0.2, 0) is 16.7 Å². The van der Waals surface area contributed by atoms with Crippen molar-refractivity contribution < 1.29 is 26.9 Å². The van der Waals surface area contributed by atoms with Crippen molar-refractivity contribution in [3.63, 3.8) is 0 Å². The molecule has 0 aliphatic rings. The van der Waals surface area contributed by atoms with Gasteiger partial charge in [0.15, 0.2) is 0 Å². The van der Waals surface area contributed by atoms with Crippen LogP contribution in [0.2, 0.25) is 0 Å². The molecule has 0 aliphatic heterocycles. The van der Waals surface area contributed by atoms with Gasteiger partial charge in [0.05, 0.1) is 20.5 Å². The molecule has 9 heteroatoms. The third-order valence-corrected chi connectivity index (χ3v) is 4.71. The van der Waals surface area contributed by atoms with E-state index in [9.17, 15) is 13.2 Å². The number of rotatable bonds is 10. The monoisotopic (exact) mass is 436 g/mol. The zero-order valence-corrected chi connectivity index (χ0v) is 18.5. The van der Waals surface area contributed by atoms with E-state index in [2.05, 4.69) is 12.2 Å². The van der Waals surface area contributed by atoms with E-state index >= 15 is 0 Å². The molecule has 0 spiro atoms. The third kappa shape index (κ3) is 7.47. The van der Waals surface area contributed by atoms with Gasteiger partial charge < -0.3 is 23.9 Å². The van der Waals surface area contributed by atoms with Crippen LogP contribution in [0.3, 0.4) is 0 Å². The first-order valence-electron chi connectivity index (χ1n) is 9.51. The van der Waals surface area contributed by atoms with E-state index in [0.717, 1.165) is 24.7 Å². The molecule has 0 atom stereocenters. The molecule has 0 fully saturated rings. The average molecular weight is 437 g/mol. The predicted octanol–water partition coefficient (Wildman–Crippen LogP) is 3.88. The zero-order chi connectivity index (χ0) is 22.1. The standard InChI is InChI=1S/C21H28N2O6S/c1-5-6-11-23(15-16-7-9-18(10-8-16)29-30(4,25)26)21(24)22-17-12-19(27-2)14-20(13-17)28-3/h7-10,12-14H,5-6,11,15H2,1-4H3,(H,22,24). The fraction of sp³-hybridized carbons (Fsp3) is 0.381. The summed E-state index contributed by atoms with van der Waals surface area (Å²) >= 11 is 0. The van der Waals surface area contributed by atoms with Crippen molar-refractivity contribution in [1.82, 2.24) is 4.90 Å². The molecule has 0 bridgehead atoms. The number of amides is 2. The van der Waals surface area contributed by atoms with Crippen LogP contribution in [-0.4, -0.2) is 46.4 Å². The van der Waals surface area contributed by atoms with E-state index in [4.69, 9.17) is 13.7 Å². The molecule has 30 heavy (non-hydrogen) atoms. The van der Waals surface area contributed by atoms with Gasteiger partial charge >= 0.3 is 16.1 Å². The molecule has 164 valence electrons. The number of benzene rings is 2. The van der Waals surface area contributed by atoms with Gasteiger partial charge in [-0.2, -0.15) is 8.42 Å². The predicted molar refractivity (Wildman–Crippen MR) is 116 cm³/mol. The van der Waals surface area contributed by atoms with Gasteiger partial charge in [-0.15, -0.1) is 0 Å². The zero-order valence-electron chi connectivity index (χ0n) is 17.7. The number of nitrogens with zero attached hydrogens (tertiary/aromatic N) is 1. The van der Waals surface area contributed by atoms with Crippen LogP contribution >= 0.6 is 0 Å². The van der Waals surface area contributed by atoms with E-state index < -0.39 is 10.1 Å². The Balaban J connectivity index is 2.14. The molecular formula is C21H28N2O6S. The lowest BCUT2D eigenvalue weighted by Gasteiger charge is -2.23. The summed E-state index contributed by atoms with van der Waals surface area (Å²) in [6, 6.07) is 11.5. The molecule has 1 N–H and O–H groups in total. The third-order valence-electron chi connectivity index (χ3n) is 4.22. The van der Waals surface area contributed by atoms with Crippen molar-refractivity contribution in [3.05, 3.63) is 48.0 Å². The van der Waals surface area contributed by atoms with Crippen LogP contribution in [0, 0.1) is 0 Å². The summed E-state index contributed by atoms with van der Waals surface area (Å²) in [5.41, 5.74) is 1.42. The number of urea groups is 1. The Morgan fingerprint density at radius 1 is 1.00 bits per heavy atom. The number of anilines is 1. The normalized spacial score (nSPS) is 10.9. The van der Waals surface area contributed by atoms with Gasteiger partial charge in [-0.1, -0.05) is 25.5 Å². The first kappa shape index (κ1) is 23.3. The topological polar surface area (TPSA) is 94.2 Å². The van der Waals surface area contributed by atoms with Gasteiger partial charge in [0.2, 0.25) is 0 Å². The lowest BCUT2D eigenvalue weighted by molar-refractivity contribution is 0.208. The Kier molecular flexibility index (Phi) is 8.35. The minimum absolute atomic E-state index is 0.231. The van der Waals surface area contributed by atoms with Crippen LogP contribution in [0.1, 0.15) is 25.3 Å². The van der Waals surface area contributed by atoms with E-state index in [0.29, 0.717) is 30.3 Å². The molecule has 0 saturated heterocycles. The molecule has 0 aromatic heterocycles. The number of nitrogens with one attached hydrogen (secondary N) is 1. The molecule has 2 aromatic carbocycles. The van der Waals surface area contributed by atoms with Crippen molar-refractivity contribution in [3.8, 4) is 17.2 Å². The molecule has 0 radical (unpaired) electrons. The van der Waals surface area contributed by atoms with Crippen molar-refractivity contribution >= 4 is 21.8 Å². The van der Waals surface area contributed by atoms with Crippen LogP contribution in [0.25, 0.3) is 0 Å². The number of ether oxygens (including phenoxy) is 2. The molecule has 0 heterocycles.